The van der Waals surface area contributed by atoms with Gasteiger partial charge in [-0.3, -0.25) is 0 Å². The summed E-state index contributed by atoms with van der Waals surface area (Å²) < 4.78 is 0. The minimum absolute atomic E-state index is 0.544. The second-order valence-corrected chi connectivity index (χ2v) is 5.64. The smallest absolute Gasteiger partial charge is 0.000545 e. The quantitative estimate of drug-likeness (QED) is 0.800. The Balaban J connectivity index is 1.93. The largest absolute Gasteiger partial charge is 0.316 e. The maximum absolute atomic E-state index is 3.51. The van der Waals surface area contributed by atoms with Crippen LogP contribution < -0.4 is 5.32 Å². The maximum atomic E-state index is 3.51. The zero-order chi connectivity index (χ0) is 11.2. The Labute approximate surface area is 98.3 Å². The molecule has 1 aromatic rings. The summed E-state index contributed by atoms with van der Waals surface area (Å²) in [5.41, 5.74) is 5.02. The molecule has 1 nitrogen and oxygen atoms in total. The van der Waals surface area contributed by atoms with E-state index in [1.807, 2.05) is 0 Å². The molecule has 86 valence electrons. The van der Waals surface area contributed by atoms with Gasteiger partial charge in [0.2, 0.25) is 0 Å². The summed E-state index contributed by atoms with van der Waals surface area (Å²) in [6.07, 6.45) is 4.18. The lowest BCUT2D eigenvalue weighted by atomic mass is 9.81. The van der Waals surface area contributed by atoms with Gasteiger partial charge in [0.05, 0.1) is 0 Å². The summed E-state index contributed by atoms with van der Waals surface area (Å²) in [6.45, 7) is 6.89. The van der Waals surface area contributed by atoms with E-state index in [1.165, 1.54) is 43.5 Å². The summed E-state index contributed by atoms with van der Waals surface area (Å²) >= 11 is 0. The standard InChI is InChI=1S/C15H21N/c1-11-3-4-13(9-12(11)2)15(6-7-15)14-5-8-16-10-14/h3-4,9,14,16H,5-8,10H2,1-2H3. The van der Waals surface area contributed by atoms with Gasteiger partial charge in [-0.15, -0.1) is 0 Å². The fourth-order valence-electron chi connectivity index (χ4n) is 3.24. The Morgan fingerprint density at radius 3 is 2.56 bits per heavy atom. The van der Waals surface area contributed by atoms with Gasteiger partial charge in [-0.2, -0.15) is 0 Å². The van der Waals surface area contributed by atoms with Crippen LogP contribution in [0.25, 0.3) is 0 Å². The van der Waals surface area contributed by atoms with Crippen LogP contribution in [0.15, 0.2) is 18.2 Å². The van der Waals surface area contributed by atoms with Crippen LogP contribution >= 0.6 is 0 Å². The third-order valence-corrected chi connectivity index (χ3v) is 4.71. The molecule has 1 unspecified atom stereocenters. The van der Waals surface area contributed by atoms with Crippen molar-refractivity contribution >= 4 is 0 Å². The van der Waals surface area contributed by atoms with Crippen LogP contribution in [0.1, 0.15) is 36.0 Å². The van der Waals surface area contributed by atoms with Crippen molar-refractivity contribution in [2.75, 3.05) is 13.1 Å². The average molecular weight is 215 g/mol. The van der Waals surface area contributed by atoms with E-state index in [0.29, 0.717) is 5.41 Å². The first-order valence-corrected chi connectivity index (χ1v) is 6.51. The predicted molar refractivity (Wildman–Crippen MR) is 67.8 cm³/mol. The molecule has 1 aliphatic heterocycles. The van der Waals surface area contributed by atoms with Crippen molar-refractivity contribution in [2.45, 2.75) is 38.5 Å². The van der Waals surface area contributed by atoms with Crippen LogP contribution in [0.5, 0.6) is 0 Å². The SMILES string of the molecule is Cc1ccc(C2(C3CCNC3)CC2)cc1C. The molecule has 2 fully saturated rings. The van der Waals surface area contributed by atoms with E-state index < -0.39 is 0 Å². The van der Waals surface area contributed by atoms with Crippen molar-refractivity contribution in [3.05, 3.63) is 34.9 Å². The van der Waals surface area contributed by atoms with Gasteiger partial charge >= 0.3 is 0 Å². The van der Waals surface area contributed by atoms with E-state index in [4.69, 9.17) is 0 Å². The van der Waals surface area contributed by atoms with E-state index in [1.54, 1.807) is 5.56 Å². The fraction of sp³-hybridized carbons (Fsp3) is 0.600. The zero-order valence-corrected chi connectivity index (χ0v) is 10.3. The molecule has 0 bridgehead atoms. The summed E-state index contributed by atoms with van der Waals surface area (Å²) in [5.74, 6) is 0.884. The lowest BCUT2D eigenvalue weighted by Crippen LogP contribution is -2.23. The Hall–Kier alpha value is -0.820. The molecule has 1 saturated carbocycles. The molecule has 3 rings (SSSR count). The molecule has 0 amide bonds. The van der Waals surface area contributed by atoms with Crippen LogP contribution in [0.3, 0.4) is 0 Å². The van der Waals surface area contributed by atoms with Crippen LogP contribution in [-0.2, 0) is 5.41 Å². The molecule has 2 aliphatic rings. The molecule has 1 heterocycles. The molecular weight excluding hydrogens is 194 g/mol. The number of hydrogen-bond donors (Lipinski definition) is 1. The number of hydrogen-bond acceptors (Lipinski definition) is 1. The van der Waals surface area contributed by atoms with Crippen molar-refractivity contribution in [1.29, 1.82) is 0 Å². The summed E-state index contributed by atoms with van der Waals surface area (Å²) in [5, 5.41) is 3.51. The molecule has 0 spiro atoms. The van der Waals surface area contributed by atoms with E-state index >= 15 is 0 Å². The molecule has 1 N–H and O–H groups in total. The van der Waals surface area contributed by atoms with Gasteiger partial charge in [-0.25, -0.2) is 0 Å². The normalized spacial score (nSPS) is 27.0. The molecule has 1 heteroatoms. The van der Waals surface area contributed by atoms with Gasteiger partial charge in [-0.05, 0) is 74.2 Å². The predicted octanol–water partition coefficient (Wildman–Crippen LogP) is 2.94. The topological polar surface area (TPSA) is 12.0 Å². The van der Waals surface area contributed by atoms with Gasteiger partial charge in [0, 0.05) is 0 Å². The minimum atomic E-state index is 0.544. The average Bonchev–Trinajstić information content (AvgIpc) is 2.90. The number of aryl methyl sites for hydroxylation is 2. The monoisotopic (exact) mass is 215 g/mol. The first-order chi connectivity index (χ1) is 7.72. The second-order valence-electron chi connectivity index (χ2n) is 5.64. The highest BCUT2D eigenvalue weighted by Gasteiger charge is 2.50. The molecule has 16 heavy (non-hydrogen) atoms. The van der Waals surface area contributed by atoms with Crippen molar-refractivity contribution in [1.82, 2.24) is 5.32 Å². The minimum Gasteiger partial charge on any atom is -0.316 e. The third-order valence-electron chi connectivity index (χ3n) is 4.71. The highest BCUT2D eigenvalue weighted by atomic mass is 14.9. The molecular formula is C15H21N. The number of rotatable bonds is 2. The molecule has 0 radical (unpaired) electrons. The second kappa shape index (κ2) is 3.59. The highest BCUT2D eigenvalue weighted by Crippen LogP contribution is 2.55. The Bertz CT molecular complexity index is 398. The summed E-state index contributed by atoms with van der Waals surface area (Å²) in [4.78, 5) is 0. The van der Waals surface area contributed by atoms with Gasteiger partial charge in [0.25, 0.3) is 0 Å². The lowest BCUT2D eigenvalue weighted by molar-refractivity contribution is 0.439. The number of benzene rings is 1. The van der Waals surface area contributed by atoms with Crippen molar-refractivity contribution < 1.29 is 0 Å². The van der Waals surface area contributed by atoms with E-state index in [0.717, 1.165) is 5.92 Å². The Morgan fingerprint density at radius 2 is 2.00 bits per heavy atom. The molecule has 1 aliphatic carbocycles. The van der Waals surface area contributed by atoms with Crippen molar-refractivity contribution in [3.63, 3.8) is 0 Å². The van der Waals surface area contributed by atoms with E-state index in [9.17, 15) is 0 Å². The van der Waals surface area contributed by atoms with Gasteiger partial charge < -0.3 is 5.32 Å². The molecule has 1 saturated heterocycles. The van der Waals surface area contributed by atoms with E-state index in [-0.39, 0.29) is 0 Å². The fourth-order valence-corrected chi connectivity index (χ4v) is 3.24. The van der Waals surface area contributed by atoms with Crippen LogP contribution in [0, 0.1) is 19.8 Å². The summed E-state index contributed by atoms with van der Waals surface area (Å²) in [6, 6.07) is 7.10. The first-order valence-electron chi connectivity index (χ1n) is 6.51. The van der Waals surface area contributed by atoms with Gasteiger partial charge in [0.1, 0.15) is 0 Å². The summed E-state index contributed by atoms with van der Waals surface area (Å²) in [7, 11) is 0. The van der Waals surface area contributed by atoms with Crippen molar-refractivity contribution in [3.8, 4) is 0 Å². The maximum Gasteiger partial charge on any atom is -0.000545 e. The Kier molecular flexibility index (Phi) is 2.32. The third kappa shape index (κ3) is 1.49. The van der Waals surface area contributed by atoms with Crippen LogP contribution in [0.2, 0.25) is 0 Å². The van der Waals surface area contributed by atoms with Gasteiger partial charge in [-0.1, -0.05) is 18.2 Å². The first kappa shape index (κ1) is 10.3. The lowest BCUT2D eigenvalue weighted by Gasteiger charge is -2.23. The van der Waals surface area contributed by atoms with E-state index in [2.05, 4.69) is 37.4 Å². The number of nitrogens with one attached hydrogen (secondary N) is 1. The molecule has 1 atom stereocenters. The molecule has 1 aromatic carbocycles. The van der Waals surface area contributed by atoms with Gasteiger partial charge in [0.15, 0.2) is 0 Å². The van der Waals surface area contributed by atoms with Crippen molar-refractivity contribution in [2.24, 2.45) is 5.92 Å². The van der Waals surface area contributed by atoms with Crippen LogP contribution in [0.4, 0.5) is 0 Å². The van der Waals surface area contributed by atoms with Crippen LogP contribution in [-0.4, -0.2) is 13.1 Å². The Morgan fingerprint density at radius 1 is 1.19 bits per heavy atom. The zero-order valence-electron chi connectivity index (χ0n) is 10.3. The highest BCUT2D eigenvalue weighted by molar-refractivity contribution is 5.39. The molecule has 0 aromatic heterocycles.